The van der Waals surface area contributed by atoms with Gasteiger partial charge in [-0.2, -0.15) is 0 Å². The first kappa shape index (κ1) is 50.4. The third kappa shape index (κ3) is 18.9. The molecule has 12 atom stereocenters. The van der Waals surface area contributed by atoms with Crippen LogP contribution in [0.5, 0.6) is 0 Å². The van der Waals surface area contributed by atoms with Crippen LogP contribution in [0.3, 0.4) is 0 Å². The molecule has 2 saturated heterocycles. The van der Waals surface area contributed by atoms with Gasteiger partial charge in [0.05, 0.1) is 32.0 Å². The largest absolute Gasteiger partial charge is 0.394 e. The SMILES string of the molecule is CCCCC/C=C\CCCCCCCC(=O)NC(COC1OC(CO)C(OC2OC(CO)C(O)C(O)C2O)C(O)C1O)C(O)/C=C/CC/C=C/CCCCCC. The molecule has 2 heterocycles. The Balaban J connectivity index is 1.95. The fourth-order valence-electron chi connectivity index (χ4n) is 6.71. The van der Waals surface area contributed by atoms with Gasteiger partial charge in [-0.05, 0) is 57.8 Å². The highest BCUT2D eigenvalue weighted by Crippen LogP contribution is 2.29. The maximum absolute atomic E-state index is 13.0. The number of amides is 1. The Morgan fingerprint density at radius 1 is 0.625 bits per heavy atom. The summed E-state index contributed by atoms with van der Waals surface area (Å²) in [5, 5.41) is 86.1. The van der Waals surface area contributed by atoms with E-state index in [1.54, 1.807) is 6.08 Å². The number of aliphatic hydroxyl groups is 8. The molecule has 1 amide bonds. The molecule has 14 heteroatoms. The standard InChI is InChI=1S/C42H75NO13/c1-3-5-7-9-11-13-15-16-18-20-22-24-26-34(47)43-30(31(46)25-23-21-19-17-14-12-10-8-6-4-2)29-53-41-39(52)37(50)40(33(28-45)55-41)56-42-38(51)36(49)35(48)32(27-44)54-42/h11,13-14,17,23,25,30-33,35-42,44-46,48-52H,3-10,12,15-16,18-22,24,26-29H2,1-2H3,(H,43,47)/b13-11-,17-14+,25-23+. The van der Waals surface area contributed by atoms with Crippen LogP contribution in [-0.2, 0) is 23.7 Å². The normalized spacial score (nSPS) is 29.8. The molecule has 14 nitrogen and oxygen atoms in total. The summed E-state index contributed by atoms with van der Waals surface area (Å²) in [4.78, 5) is 13.0. The van der Waals surface area contributed by atoms with E-state index >= 15 is 0 Å². The van der Waals surface area contributed by atoms with Crippen molar-refractivity contribution in [2.45, 2.75) is 203 Å². The van der Waals surface area contributed by atoms with Gasteiger partial charge in [-0.1, -0.05) is 102 Å². The van der Waals surface area contributed by atoms with E-state index in [-0.39, 0.29) is 18.9 Å². The molecule has 0 aromatic carbocycles. The number of carbonyl (C=O) groups is 1. The Hall–Kier alpha value is -1.79. The number of hydrogen-bond donors (Lipinski definition) is 9. The van der Waals surface area contributed by atoms with Crippen LogP contribution in [0.2, 0.25) is 0 Å². The Morgan fingerprint density at radius 3 is 1.79 bits per heavy atom. The minimum absolute atomic E-state index is 0.262. The van der Waals surface area contributed by atoms with Gasteiger partial charge in [0, 0.05) is 6.42 Å². The van der Waals surface area contributed by atoms with Crippen molar-refractivity contribution in [2.24, 2.45) is 0 Å². The fourth-order valence-corrected chi connectivity index (χ4v) is 6.71. The first-order chi connectivity index (χ1) is 27.1. The highest BCUT2D eigenvalue weighted by molar-refractivity contribution is 5.76. The molecule has 2 fully saturated rings. The van der Waals surface area contributed by atoms with Crippen molar-refractivity contribution in [3.63, 3.8) is 0 Å². The molecular formula is C42H75NO13. The van der Waals surface area contributed by atoms with Crippen LogP contribution in [0.15, 0.2) is 36.5 Å². The molecule has 0 spiro atoms. The van der Waals surface area contributed by atoms with Crippen molar-refractivity contribution < 1.29 is 64.6 Å². The maximum Gasteiger partial charge on any atom is 0.220 e. The van der Waals surface area contributed by atoms with E-state index in [0.717, 1.165) is 51.4 Å². The highest BCUT2D eigenvalue weighted by atomic mass is 16.7. The Labute approximate surface area is 334 Å². The zero-order valence-electron chi connectivity index (χ0n) is 33.9. The van der Waals surface area contributed by atoms with Crippen molar-refractivity contribution in [2.75, 3.05) is 19.8 Å². The molecule has 2 aliphatic heterocycles. The molecule has 0 saturated carbocycles. The van der Waals surface area contributed by atoms with Crippen LogP contribution in [0.25, 0.3) is 0 Å². The predicted octanol–water partition coefficient (Wildman–Crippen LogP) is 3.20. The van der Waals surface area contributed by atoms with Gasteiger partial charge in [0.2, 0.25) is 5.91 Å². The van der Waals surface area contributed by atoms with Crippen LogP contribution < -0.4 is 5.32 Å². The van der Waals surface area contributed by atoms with E-state index in [1.165, 1.54) is 44.9 Å². The summed E-state index contributed by atoms with van der Waals surface area (Å²) in [7, 11) is 0. The van der Waals surface area contributed by atoms with Gasteiger partial charge in [-0.25, -0.2) is 0 Å². The van der Waals surface area contributed by atoms with Crippen LogP contribution in [-0.4, -0.2) is 140 Å². The summed E-state index contributed by atoms with van der Waals surface area (Å²) in [6.07, 6.45) is 13.5. The second-order valence-corrected chi connectivity index (χ2v) is 15.1. The van der Waals surface area contributed by atoms with E-state index in [4.69, 9.17) is 18.9 Å². The summed E-state index contributed by atoms with van der Waals surface area (Å²) in [5.74, 6) is -0.265. The molecular weight excluding hydrogens is 726 g/mol. The molecule has 2 aliphatic rings. The van der Waals surface area contributed by atoms with Gasteiger partial charge < -0.3 is 65.1 Å². The molecule has 0 bridgehead atoms. The molecule has 0 aromatic heterocycles. The Morgan fingerprint density at radius 2 is 1.14 bits per heavy atom. The van der Waals surface area contributed by atoms with Crippen LogP contribution >= 0.6 is 0 Å². The molecule has 0 aliphatic carbocycles. The van der Waals surface area contributed by atoms with E-state index < -0.39 is 86.8 Å². The first-order valence-electron chi connectivity index (χ1n) is 21.2. The second-order valence-electron chi connectivity index (χ2n) is 15.1. The van der Waals surface area contributed by atoms with Gasteiger partial charge in [-0.15, -0.1) is 0 Å². The summed E-state index contributed by atoms with van der Waals surface area (Å²) < 4.78 is 22.5. The molecule has 326 valence electrons. The van der Waals surface area contributed by atoms with E-state index in [1.807, 2.05) is 6.08 Å². The third-order valence-corrected chi connectivity index (χ3v) is 10.3. The number of ether oxygens (including phenoxy) is 4. The monoisotopic (exact) mass is 802 g/mol. The number of hydrogen-bond acceptors (Lipinski definition) is 13. The lowest BCUT2D eigenvalue weighted by molar-refractivity contribution is -0.359. The molecule has 0 aromatic rings. The fraction of sp³-hybridized carbons (Fsp3) is 0.833. The van der Waals surface area contributed by atoms with Crippen LogP contribution in [0.1, 0.15) is 129 Å². The van der Waals surface area contributed by atoms with Gasteiger partial charge >= 0.3 is 0 Å². The molecule has 0 radical (unpaired) electrons. The molecule has 56 heavy (non-hydrogen) atoms. The minimum Gasteiger partial charge on any atom is -0.394 e. The van der Waals surface area contributed by atoms with Crippen LogP contribution in [0.4, 0.5) is 0 Å². The predicted molar refractivity (Wildman–Crippen MR) is 212 cm³/mol. The lowest BCUT2D eigenvalue weighted by atomic mass is 9.97. The zero-order valence-corrected chi connectivity index (χ0v) is 33.9. The van der Waals surface area contributed by atoms with Gasteiger partial charge in [0.15, 0.2) is 12.6 Å². The van der Waals surface area contributed by atoms with Gasteiger partial charge in [0.1, 0.15) is 48.8 Å². The first-order valence-corrected chi connectivity index (χ1v) is 21.2. The van der Waals surface area contributed by atoms with E-state index in [9.17, 15) is 45.6 Å². The van der Waals surface area contributed by atoms with E-state index in [2.05, 4.69) is 43.5 Å². The minimum atomic E-state index is -1.79. The summed E-state index contributed by atoms with van der Waals surface area (Å²) in [5.41, 5.74) is 0. The summed E-state index contributed by atoms with van der Waals surface area (Å²) in [6.45, 7) is 2.65. The maximum atomic E-state index is 13.0. The molecule has 12 unspecified atom stereocenters. The summed E-state index contributed by atoms with van der Waals surface area (Å²) in [6, 6.07) is -0.930. The lowest BCUT2D eigenvalue weighted by Crippen LogP contribution is -2.65. The average Bonchev–Trinajstić information content (AvgIpc) is 3.19. The topological polar surface area (TPSA) is 228 Å². The number of rotatable bonds is 30. The number of carbonyl (C=O) groups excluding carboxylic acids is 1. The lowest BCUT2D eigenvalue weighted by Gasteiger charge is -2.46. The zero-order chi connectivity index (χ0) is 41.1. The Bertz CT molecular complexity index is 1090. The number of aliphatic hydroxyl groups excluding tert-OH is 8. The van der Waals surface area contributed by atoms with Crippen molar-refractivity contribution >= 4 is 5.91 Å². The second kappa shape index (κ2) is 30.3. The average molecular weight is 802 g/mol. The molecule has 2 rings (SSSR count). The highest BCUT2D eigenvalue weighted by Gasteiger charge is 2.50. The van der Waals surface area contributed by atoms with Crippen molar-refractivity contribution in [1.82, 2.24) is 5.32 Å². The number of unbranched alkanes of at least 4 members (excludes halogenated alkanes) is 13. The van der Waals surface area contributed by atoms with Crippen molar-refractivity contribution in [1.29, 1.82) is 0 Å². The molecule has 9 N–H and O–H groups in total. The quantitative estimate of drug-likeness (QED) is 0.0376. The van der Waals surface area contributed by atoms with Crippen molar-refractivity contribution in [3.05, 3.63) is 36.5 Å². The van der Waals surface area contributed by atoms with Crippen molar-refractivity contribution in [3.8, 4) is 0 Å². The number of allylic oxidation sites excluding steroid dienone is 5. The van der Waals surface area contributed by atoms with Gasteiger partial charge in [0.25, 0.3) is 0 Å². The van der Waals surface area contributed by atoms with Gasteiger partial charge in [-0.3, -0.25) is 4.79 Å². The Kier molecular flexibility index (Phi) is 27.2. The summed E-state index contributed by atoms with van der Waals surface area (Å²) >= 11 is 0. The van der Waals surface area contributed by atoms with E-state index in [0.29, 0.717) is 12.8 Å². The number of nitrogens with one attached hydrogen (secondary N) is 1. The third-order valence-electron chi connectivity index (χ3n) is 10.3. The van der Waals surface area contributed by atoms with Crippen LogP contribution in [0, 0.1) is 0 Å². The smallest absolute Gasteiger partial charge is 0.220 e.